The van der Waals surface area contributed by atoms with Gasteiger partial charge in [-0.15, -0.1) is 0 Å². The summed E-state index contributed by atoms with van der Waals surface area (Å²) in [5, 5.41) is 15.6. The lowest BCUT2D eigenvalue weighted by molar-refractivity contribution is -0.384. The van der Waals surface area contributed by atoms with Gasteiger partial charge in [0.15, 0.2) is 0 Å². The van der Waals surface area contributed by atoms with Gasteiger partial charge in [-0.25, -0.2) is 8.42 Å². The van der Waals surface area contributed by atoms with Gasteiger partial charge in [-0.05, 0) is 43.4 Å². The smallest absolute Gasteiger partial charge is 0.294 e. The first-order valence-electron chi connectivity index (χ1n) is 9.16. The number of aromatic nitrogens is 1. The molecule has 29 heavy (non-hydrogen) atoms. The zero-order valence-corrected chi connectivity index (χ0v) is 16.6. The highest BCUT2D eigenvalue weighted by molar-refractivity contribution is 7.89. The fourth-order valence-corrected chi connectivity index (χ4v) is 4.84. The number of sulfonamides is 1. The number of aromatic amines is 1. The van der Waals surface area contributed by atoms with Crippen molar-refractivity contribution in [2.24, 2.45) is 0 Å². The van der Waals surface area contributed by atoms with E-state index >= 15 is 0 Å². The fourth-order valence-electron chi connectivity index (χ4n) is 3.39. The monoisotopic (exact) mass is 415 g/mol. The van der Waals surface area contributed by atoms with E-state index in [0.717, 1.165) is 17.0 Å². The van der Waals surface area contributed by atoms with Crippen LogP contribution < -0.4 is 5.32 Å². The molecule has 2 heterocycles. The van der Waals surface area contributed by atoms with E-state index in [9.17, 15) is 18.5 Å². The molecule has 0 spiro atoms. The number of nitrogens with one attached hydrogen (secondary N) is 2. The minimum absolute atomic E-state index is 0.0691. The van der Waals surface area contributed by atoms with Gasteiger partial charge in [-0.2, -0.15) is 4.31 Å². The van der Waals surface area contributed by atoms with Gasteiger partial charge >= 0.3 is 0 Å². The number of fused-ring (bicyclic) bond motifs is 1. The summed E-state index contributed by atoms with van der Waals surface area (Å²) in [5.74, 6) is 0. The van der Waals surface area contributed by atoms with Crippen LogP contribution in [0.25, 0.3) is 10.9 Å². The Hall–Kier alpha value is -2.95. The van der Waals surface area contributed by atoms with E-state index in [1.807, 2.05) is 36.3 Å². The summed E-state index contributed by atoms with van der Waals surface area (Å²) >= 11 is 0. The van der Waals surface area contributed by atoms with Crippen molar-refractivity contribution in [1.82, 2.24) is 14.2 Å². The molecule has 0 unspecified atom stereocenters. The predicted octanol–water partition coefficient (Wildman–Crippen LogP) is 2.76. The van der Waals surface area contributed by atoms with E-state index in [-0.39, 0.29) is 16.3 Å². The first kappa shape index (κ1) is 19.4. The van der Waals surface area contributed by atoms with Crippen LogP contribution in [0.3, 0.4) is 0 Å². The lowest BCUT2D eigenvalue weighted by Crippen LogP contribution is -2.47. The van der Waals surface area contributed by atoms with Crippen LogP contribution >= 0.6 is 0 Å². The molecule has 9 nitrogen and oxygen atoms in total. The molecule has 1 saturated heterocycles. The van der Waals surface area contributed by atoms with Crippen LogP contribution in [-0.4, -0.2) is 60.8 Å². The average molecular weight is 415 g/mol. The van der Waals surface area contributed by atoms with E-state index in [1.165, 1.54) is 16.4 Å². The second-order valence-electron chi connectivity index (χ2n) is 7.05. The fraction of sp³-hybridized carbons (Fsp3) is 0.263. The van der Waals surface area contributed by atoms with Crippen molar-refractivity contribution in [3.63, 3.8) is 0 Å². The molecular formula is C19H21N5O4S. The average Bonchev–Trinajstić information content (AvgIpc) is 3.16. The molecule has 0 bridgehead atoms. The highest BCUT2D eigenvalue weighted by Gasteiger charge is 2.29. The third-order valence-corrected chi connectivity index (χ3v) is 6.99. The summed E-state index contributed by atoms with van der Waals surface area (Å²) in [6, 6.07) is 11.4. The van der Waals surface area contributed by atoms with Gasteiger partial charge in [0.1, 0.15) is 5.69 Å². The number of nitro benzene ring substituents is 1. The summed E-state index contributed by atoms with van der Waals surface area (Å²) in [6.07, 6.45) is 1.81. The summed E-state index contributed by atoms with van der Waals surface area (Å²) in [6.45, 7) is 1.98. The summed E-state index contributed by atoms with van der Waals surface area (Å²) < 4.78 is 27.2. The maximum absolute atomic E-state index is 12.9. The van der Waals surface area contributed by atoms with Crippen LogP contribution in [0.1, 0.15) is 0 Å². The van der Waals surface area contributed by atoms with Crippen LogP contribution in [0.4, 0.5) is 17.1 Å². The largest absolute Gasteiger partial charge is 0.361 e. The number of piperazine rings is 1. The molecule has 0 atom stereocenters. The molecule has 1 aromatic heterocycles. The van der Waals surface area contributed by atoms with Crippen LogP contribution in [0.15, 0.2) is 53.6 Å². The molecule has 0 radical (unpaired) electrons. The predicted molar refractivity (Wildman–Crippen MR) is 111 cm³/mol. The number of anilines is 2. The molecule has 0 saturated carbocycles. The number of hydrogen-bond acceptors (Lipinski definition) is 6. The standard InChI is InChI=1S/C19H21N5O4S/c1-22-8-10-23(11-9-22)29(27,28)16-3-5-18(19(13-16)24(25)26)21-15-2-4-17-14(12-15)6-7-20-17/h2-7,12-13,20-21H,8-11H2,1H3. The summed E-state index contributed by atoms with van der Waals surface area (Å²) in [4.78, 5) is 16.1. The second-order valence-corrected chi connectivity index (χ2v) is 8.99. The summed E-state index contributed by atoms with van der Waals surface area (Å²) in [5.41, 5.74) is 1.59. The Morgan fingerprint density at radius 1 is 1.07 bits per heavy atom. The lowest BCUT2D eigenvalue weighted by atomic mass is 10.2. The molecule has 3 aromatic rings. The van der Waals surface area contributed by atoms with E-state index in [0.29, 0.717) is 31.9 Å². The number of H-pyrrole nitrogens is 1. The minimum atomic E-state index is -3.78. The normalized spacial score (nSPS) is 16.2. The molecule has 0 aliphatic carbocycles. The topological polar surface area (TPSA) is 112 Å². The number of benzene rings is 2. The molecular weight excluding hydrogens is 394 g/mol. The highest BCUT2D eigenvalue weighted by Crippen LogP contribution is 2.32. The minimum Gasteiger partial charge on any atom is -0.361 e. The van der Waals surface area contributed by atoms with Gasteiger partial charge in [0.25, 0.3) is 5.69 Å². The van der Waals surface area contributed by atoms with E-state index in [2.05, 4.69) is 10.3 Å². The Labute approximate surface area is 168 Å². The molecule has 0 amide bonds. The molecule has 2 aromatic carbocycles. The molecule has 152 valence electrons. The Kier molecular flexibility index (Phi) is 4.99. The Morgan fingerprint density at radius 3 is 2.55 bits per heavy atom. The third-order valence-electron chi connectivity index (χ3n) is 5.10. The number of nitro groups is 1. The van der Waals surface area contributed by atoms with Crippen molar-refractivity contribution in [3.05, 3.63) is 58.8 Å². The molecule has 1 aliphatic heterocycles. The van der Waals surface area contributed by atoms with Gasteiger partial charge < -0.3 is 15.2 Å². The lowest BCUT2D eigenvalue weighted by Gasteiger charge is -2.31. The van der Waals surface area contributed by atoms with Gasteiger partial charge in [-0.3, -0.25) is 10.1 Å². The summed E-state index contributed by atoms with van der Waals surface area (Å²) in [7, 11) is -1.85. The van der Waals surface area contributed by atoms with Crippen molar-refractivity contribution in [1.29, 1.82) is 0 Å². The van der Waals surface area contributed by atoms with Crippen molar-refractivity contribution < 1.29 is 13.3 Å². The molecule has 10 heteroatoms. The maximum atomic E-state index is 12.9. The van der Waals surface area contributed by atoms with E-state index < -0.39 is 14.9 Å². The van der Waals surface area contributed by atoms with Gasteiger partial charge in [-0.1, -0.05) is 0 Å². The quantitative estimate of drug-likeness (QED) is 0.490. The Balaban J connectivity index is 1.65. The van der Waals surface area contributed by atoms with Gasteiger partial charge in [0.05, 0.1) is 9.82 Å². The van der Waals surface area contributed by atoms with E-state index in [4.69, 9.17) is 0 Å². The van der Waals surface area contributed by atoms with Gasteiger partial charge in [0, 0.05) is 55.0 Å². The second kappa shape index (κ2) is 7.47. The first-order chi connectivity index (χ1) is 13.8. The third kappa shape index (κ3) is 3.82. The first-order valence-corrected chi connectivity index (χ1v) is 10.6. The maximum Gasteiger partial charge on any atom is 0.294 e. The van der Waals surface area contributed by atoms with Gasteiger partial charge in [0.2, 0.25) is 10.0 Å². The zero-order valence-electron chi connectivity index (χ0n) is 15.8. The Bertz CT molecular complexity index is 1170. The molecule has 1 aliphatic rings. The van der Waals surface area contributed by atoms with Crippen molar-refractivity contribution in [2.45, 2.75) is 4.90 Å². The number of rotatable bonds is 5. The van der Waals surface area contributed by atoms with Crippen molar-refractivity contribution >= 4 is 38.0 Å². The van der Waals surface area contributed by atoms with Crippen molar-refractivity contribution in [3.8, 4) is 0 Å². The van der Waals surface area contributed by atoms with Crippen LogP contribution in [0, 0.1) is 10.1 Å². The SMILES string of the molecule is CN1CCN(S(=O)(=O)c2ccc(Nc3ccc4[nH]ccc4c3)c([N+](=O)[O-])c2)CC1. The van der Waals surface area contributed by atoms with Crippen LogP contribution in [0.2, 0.25) is 0 Å². The molecule has 4 rings (SSSR count). The van der Waals surface area contributed by atoms with E-state index in [1.54, 1.807) is 6.07 Å². The number of likely N-dealkylation sites (N-methyl/N-ethyl adjacent to an activating group) is 1. The molecule has 2 N–H and O–H groups in total. The number of hydrogen-bond donors (Lipinski definition) is 2. The zero-order chi connectivity index (χ0) is 20.6. The molecule has 1 fully saturated rings. The van der Waals surface area contributed by atoms with Crippen LogP contribution in [0.5, 0.6) is 0 Å². The number of nitrogens with zero attached hydrogens (tertiary/aromatic N) is 3. The van der Waals surface area contributed by atoms with Crippen LogP contribution in [-0.2, 0) is 10.0 Å². The Morgan fingerprint density at radius 2 is 1.83 bits per heavy atom. The van der Waals surface area contributed by atoms with Crippen molar-refractivity contribution in [2.75, 3.05) is 38.5 Å². The highest BCUT2D eigenvalue weighted by atomic mass is 32.2.